The van der Waals surface area contributed by atoms with Gasteiger partial charge in [0.1, 0.15) is 0 Å². The van der Waals surface area contributed by atoms with Gasteiger partial charge in [-0.25, -0.2) is 0 Å². The molecule has 1 aliphatic heterocycles. The van der Waals surface area contributed by atoms with Gasteiger partial charge in [-0.3, -0.25) is 14.5 Å². The van der Waals surface area contributed by atoms with Crippen LogP contribution in [0.2, 0.25) is 0 Å². The molecule has 1 aromatic heterocycles. The second-order valence-corrected chi connectivity index (χ2v) is 7.29. The van der Waals surface area contributed by atoms with Gasteiger partial charge in [-0.15, -0.1) is 0 Å². The van der Waals surface area contributed by atoms with Gasteiger partial charge in [-0.1, -0.05) is 0 Å². The minimum absolute atomic E-state index is 0.0196. The Morgan fingerprint density at radius 2 is 2.00 bits per heavy atom. The molecule has 1 fully saturated rings. The van der Waals surface area contributed by atoms with Crippen molar-refractivity contribution in [3.63, 3.8) is 0 Å². The smallest absolute Gasteiger partial charge is 0.253 e. The van der Waals surface area contributed by atoms with Gasteiger partial charge in [0.25, 0.3) is 5.91 Å². The third-order valence-corrected chi connectivity index (χ3v) is 5.16. The van der Waals surface area contributed by atoms with E-state index in [-0.39, 0.29) is 11.8 Å². The average molecular weight is 357 g/mol. The maximum Gasteiger partial charge on any atom is 0.253 e. The van der Waals surface area contributed by atoms with Crippen LogP contribution < -0.4 is 5.32 Å². The van der Waals surface area contributed by atoms with E-state index in [1.807, 2.05) is 0 Å². The van der Waals surface area contributed by atoms with Crippen molar-refractivity contribution < 1.29 is 9.59 Å². The summed E-state index contributed by atoms with van der Waals surface area (Å²) in [5.74, 6) is -0.0673. The summed E-state index contributed by atoms with van der Waals surface area (Å²) in [4.78, 5) is 28.0. The first kappa shape index (κ1) is 17.6. The summed E-state index contributed by atoms with van der Waals surface area (Å²) < 4.78 is 0. The molecule has 2 amide bonds. The summed E-state index contributed by atoms with van der Waals surface area (Å²) in [6, 6.07) is 9.51. The lowest BCUT2D eigenvalue weighted by atomic mass is 10.1. The number of likely N-dealkylation sites (tertiary alicyclic amines) is 1. The van der Waals surface area contributed by atoms with Gasteiger partial charge < -0.3 is 10.2 Å². The van der Waals surface area contributed by atoms with Crippen LogP contribution in [0.3, 0.4) is 0 Å². The number of hydrogen-bond donors (Lipinski definition) is 1. The van der Waals surface area contributed by atoms with E-state index in [1.54, 1.807) is 49.7 Å². The van der Waals surface area contributed by atoms with E-state index in [9.17, 15) is 9.59 Å². The van der Waals surface area contributed by atoms with Gasteiger partial charge in [0.05, 0.1) is 6.54 Å². The first-order valence-corrected chi connectivity index (χ1v) is 9.36. The van der Waals surface area contributed by atoms with Crippen LogP contribution in [0, 0.1) is 0 Å². The number of carbonyl (C=O) groups excluding carboxylic acids is 2. The predicted octanol–water partition coefficient (Wildman–Crippen LogP) is 3.23. The van der Waals surface area contributed by atoms with Crippen molar-refractivity contribution in [1.29, 1.82) is 0 Å². The molecule has 0 radical (unpaired) electrons. The van der Waals surface area contributed by atoms with E-state index < -0.39 is 0 Å². The Morgan fingerprint density at radius 1 is 1.24 bits per heavy atom. The monoisotopic (exact) mass is 357 g/mol. The Bertz CT molecular complexity index is 726. The molecule has 0 saturated carbocycles. The third kappa shape index (κ3) is 4.27. The number of nitrogens with zero attached hydrogens (tertiary/aromatic N) is 2. The highest BCUT2D eigenvalue weighted by Gasteiger charge is 2.27. The minimum Gasteiger partial charge on any atom is -0.345 e. The molecular weight excluding hydrogens is 334 g/mol. The zero-order chi connectivity index (χ0) is 17.8. The van der Waals surface area contributed by atoms with Crippen LogP contribution >= 0.6 is 11.3 Å². The normalized spacial score (nSPS) is 17.4. The van der Waals surface area contributed by atoms with E-state index in [0.29, 0.717) is 23.8 Å². The molecule has 1 saturated heterocycles. The highest BCUT2D eigenvalue weighted by atomic mass is 32.1. The number of rotatable bonds is 5. The van der Waals surface area contributed by atoms with E-state index in [1.165, 1.54) is 10.5 Å². The van der Waals surface area contributed by atoms with Crippen molar-refractivity contribution in [3.05, 3.63) is 52.2 Å². The molecule has 0 spiro atoms. The van der Waals surface area contributed by atoms with Gasteiger partial charge in [-0.05, 0) is 66.0 Å². The SMILES string of the molecule is CN(C)C(=O)c1ccc(NC(=O)CN2CCCC2c2ccsc2)cc1. The minimum atomic E-state index is -0.0476. The highest BCUT2D eigenvalue weighted by molar-refractivity contribution is 7.07. The summed E-state index contributed by atoms with van der Waals surface area (Å²) in [5, 5.41) is 7.18. The molecule has 0 bridgehead atoms. The van der Waals surface area contributed by atoms with Crippen molar-refractivity contribution in [1.82, 2.24) is 9.80 Å². The van der Waals surface area contributed by atoms with Gasteiger partial charge in [0.2, 0.25) is 5.91 Å². The van der Waals surface area contributed by atoms with Crippen molar-refractivity contribution in [3.8, 4) is 0 Å². The van der Waals surface area contributed by atoms with Crippen LogP contribution in [0.4, 0.5) is 5.69 Å². The molecule has 0 aliphatic carbocycles. The fraction of sp³-hybridized carbons (Fsp3) is 0.368. The molecular formula is C19H23N3O2S. The first-order chi connectivity index (χ1) is 12.0. The Kier molecular flexibility index (Phi) is 5.50. The van der Waals surface area contributed by atoms with Gasteiger partial charge in [0, 0.05) is 31.4 Å². The first-order valence-electron chi connectivity index (χ1n) is 8.42. The molecule has 25 heavy (non-hydrogen) atoms. The maximum absolute atomic E-state index is 12.4. The highest BCUT2D eigenvalue weighted by Crippen LogP contribution is 2.32. The third-order valence-electron chi connectivity index (χ3n) is 4.46. The lowest BCUT2D eigenvalue weighted by Gasteiger charge is -2.23. The number of hydrogen-bond acceptors (Lipinski definition) is 4. The predicted molar refractivity (Wildman–Crippen MR) is 101 cm³/mol. The number of nitrogens with one attached hydrogen (secondary N) is 1. The fourth-order valence-corrected chi connectivity index (χ4v) is 3.90. The number of thiophene rings is 1. The van der Waals surface area contributed by atoms with E-state index in [0.717, 1.165) is 19.4 Å². The van der Waals surface area contributed by atoms with Crippen molar-refractivity contribution in [2.24, 2.45) is 0 Å². The van der Waals surface area contributed by atoms with Crippen molar-refractivity contribution in [2.45, 2.75) is 18.9 Å². The summed E-state index contributed by atoms with van der Waals surface area (Å²) in [6.45, 7) is 1.34. The van der Waals surface area contributed by atoms with E-state index >= 15 is 0 Å². The lowest BCUT2D eigenvalue weighted by Crippen LogP contribution is -2.32. The van der Waals surface area contributed by atoms with E-state index in [4.69, 9.17) is 0 Å². The van der Waals surface area contributed by atoms with Gasteiger partial charge >= 0.3 is 0 Å². The Hall–Kier alpha value is -2.18. The molecule has 1 aliphatic rings. The zero-order valence-corrected chi connectivity index (χ0v) is 15.4. The molecule has 1 unspecified atom stereocenters. The molecule has 6 heteroatoms. The van der Waals surface area contributed by atoms with Crippen LogP contribution in [-0.2, 0) is 4.79 Å². The number of benzene rings is 1. The summed E-state index contributed by atoms with van der Waals surface area (Å²) >= 11 is 1.70. The van der Waals surface area contributed by atoms with Crippen LogP contribution in [0.1, 0.15) is 34.8 Å². The maximum atomic E-state index is 12.4. The Balaban J connectivity index is 1.58. The largest absolute Gasteiger partial charge is 0.345 e. The quantitative estimate of drug-likeness (QED) is 0.894. The fourth-order valence-electron chi connectivity index (χ4n) is 3.20. The van der Waals surface area contributed by atoms with Crippen LogP contribution in [0.5, 0.6) is 0 Å². The molecule has 1 aromatic carbocycles. The molecule has 1 N–H and O–H groups in total. The van der Waals surface area contributed by atoms with Crippen molar-refractivity contribution >= 4 is 28.8 Å². The van der Waals surface area contributed by atoms with Crippen molar-refractivity contribution in [2.75, 3.05) is 32.5 Å². The van der Waals surface area contributed by atoms with Crippen LogP contribution in [0.15, 0.2) is 41.1 Å². The second kappa shape index (κ2) is 7.80. The number of carbonyl (C=O) groups is 2. The van der Waals surface area contributed by atoms with Gasteiger partial charge in [-0.2, -0.15) is 11.3 Å². The standard InChI is InChI=1S/C19H23N3O2S/c1-21(2)19(24)14-5-7-16(8-6-14)20-18(23)12-22-10-3-4-17(22)15-9-11-25-13-15/h5-9,11,13,17H,3-4,10,12H2,1-2H3,(H,20,23). The number of anilines is 1. The van der Waals surface area contributed by atoms with Gasteiger partial charge in [0.15, 0.2) is 0 Å². The molecule has 5 nitrogen and oxygen atoms in total. The summed E-state index contributed by atoms with van der Waals surface area (Å²) in [7, 11) is 3.44. The number of amides is 2. The van der Waals surface area contributed by atoms with Crippen LogP contribution in [-0.4, -0.2) is 48.8 Å². The van der Waals surface area contributed by atoms with Crippen LogP contribution in [0.25, 0.3) is 0 Å². The summed E-state index contributed by atoms with van der Waals surface area (Å²) in [5.41, 5.74) is 2.63. The zero-order valence-electron chi connectivity index (χ0n) is 14.6. The molecule has 3 rings (SSSR count). The molecule has 2 aromatic rings. The summed E-state index contributed by atoms with van der Waals surface area (Å²) in [6.07, 6.45) is 2.22. The molecule has 1 atom stereocenters. The Morgan fingerprint density at radius 3 is 2.64 bits per heavy atom. The molecule has 2 heterocycles. The topological polar surface area (TPSA) is 52.7 Å². The Labute approximate surface area is 152 Å². The average Bonchev–Trinajstić information content (AvgIpc) is 3.25. The molecule has 132 valence electrons. The second-order valence-electron chi connectivity index (χ2n) is 6.51. The lowest BCUT2D eigenvalue weighted by molar-refractivity contribution is -0.117. The van der Waals surface area contributed by atoms with E-state index in [2.05, 4.69) is 27.0 Å².